The van der Waals surface area contributed by atoms with E-state index in [1.165, 1.54) is 135 Å². The lowest BCUT2D eigenvalue weighted by atomic mass is 10.0. The van der Waals surface area contributed by atoms with Crippen molar-refractivity contribution in [1.82, 2.24) is 0 Å². The van der Waals surface area contributed by atoms with E-state index in [2.05, 4.69) is 27.7 Å². The minimum Gasteiger partial charge on any atom is -0.462 e. The highest BCUT2D eigenvalue weighted by molar-refractivity contribution is 5.71. The van der Waals surface area contributed by atoms with Crippen LogP contribution in [-0.2, 0) is 28.6 Å². The third kappa shape index (κ3) is 37.7. The van der Waals surface area contributed by atoms with Gasteiger partial charge in [0, 0.05) is 19.3 Å². The van der Waals surface area contributed by atoms with Crippen molar-refractivity contribution in [3.05, 3.63) is 0 Å². The molecule has 0 aliphatic rings. The summed E-state index contributed by atoms with van der Waals surface area (Å²) >= 11 is 0. The quantitative estimate of drug-likeness (QED) is 0.0359. The third-order valence-corrected chi connectivity index (χ3v) is 9.79. The lowest BCUT2D eigenvalue weighted by Gasteiger charge is -2.18. The third-order valence-electron chi connectivity index (χ3n) is 9.79. The fourth-order valence-electron chi connectivity index (χ4n) is 6.45. The Morgan fingerprint density at radius 3 is 0.980 bits per heavy atom. The van der Waals surface area contributed by atoms with E-state index < -0.39 is 6.10 Å². The molecule has 0 amide bonds. The van der Waals surface area contributed by atoms with Crippen LogP contribution >= 0.6 is 0 Å². The van der Waals surface area contributed by atoms with Crippen molar-refractivity contribution < 1.29 is 28.6 Å². The van der Waals surface area contributed by atoms with Gasteiger partial charge in [-0.05, 0) is 25.2 Å². The zero-order valence-electron chi connectivity index (χ0n) is 33.9. The molecule has 0 heterocycles. The Morgan fingerprint density at radius 1 is 0.380 bits per heavy atom. The average Bonchev–Trinajstić information content (AvgIpc) is 3.09. The van der Waals surface area contributed by atoms with E-state index in [0.717, 1.165) is 63.7 Å². The van der Waals surface area contributed by atoms with Crippen LogP contribution in [0.5, 0.6) is 0 Å². The van der Waals surface area contributed by atoms with Crippen LogP contribution < -0.4 is 0 Å². The van der Waals surface area contributed by atoms with E-state index in [0.29, 0.717) is 19.3 Å². The second-order valence-corrected chi connectivity index (χ2v) is 15.5. The highest BCUT2D eigenvalue weighted by Gasteiger charge is 2.19. The Hall–Kier alpha value is -1.59. The zero-order chi connectivity index (χ0) is 36.8. The van der Waals surface area contributed by atoms with Crippen molar-refractivity contribution in [1.29, 1.82) is 0 Å². The number of esters is 3. The van der Waals surface area contributed by atoms with Crippen molar-refractivity contribution in [3.8, 4) is 0 Å². The number of carbonyl (C=O) groups is 3. The second-order valence-electron chi connectivity index (χ2n) is 15.5. The first-order valence-corrected chi connectivity index (χ1v) is 21.9. The van der Waals surface area contributed by atoms with Crippen LogP contribution in [0.1, 0.15) is 240 Å². The maximum atomic E-state index is 12.7. The van der Waals surface area contributed by atoms with Crippen molar-refractivity contribution >= 4 is 17.9 Å². The van der Waals surface area contributed by atoms with Crippen LogP contribution in [0.15, 0.2) is 0 Å². The fraction of sp³-hybridized carbons (Fsp3) is 0.932. The fourth-order valence-corrected chi connectivity index (χ4v) is 6.45. The molecule has 0 aromatic rings. The van der Waals surface area contributed by atoms with Gasteiger partial charge in [0.15, 0.2) is 6.10 Å². The monoisotopic (exact) mass is 709 g/mol. The normalized spacial score (nSPS) is 11.9. The van der Waals surface area contributed by atoms with Gasteiger partial charge in [-0.2, -0.15) is 0 Å². The molecule has 0 aliphatic heterocycles. The summed E-state index contributed by atoms with van der Waals surface area (Å²) in [6.07, 6.45) is 36.6. The van der Waals surface area contributed by atoms with Crippen molar-refractivity contribution in [2.45, 2.75) is 246 Å². The number of carbonyl (C=O) groups excluding carboxylic acids is 3. The van der Waals surface area contributed by atoms with E-state index in [4.69, 9.17) is 14.2 Å². The van der Waals surface area contributed by atoms with Gasteiger partial charge in [-0.3, -0.25) is 14.4 Å². The second kappa shape index (κ2) is 38.6. The molecule has 296 valence electrons. The van der Waals surface area contributed by atoms with Crippen LogP contribution in [0, 0.1) is 5.92 Å². The molecule has 0 bridgehead atoms. The first-order valence-electron chi connectivity index (χ1n) is 21.9. The number of hydrogen-bond donors (Lipinski definition) is 0. The van der Waals surface area contributed by atoms with Crippen LogP contribution in [0.4, 0.5) is 0 Å². The predicted octanol–water partition coefficient (Wildman–Crippen LogP) is 13.6. The minimum absolute atomic E-state index is 0.0646. The zero-order valence-corrected chi connectivity index (χ0v) is 33.9. The number of hydrogen-bond acceptors (Lipinski definition) is 6. The van der Waals surface area contributed by atoms with Gasteiger partial charge in [-0.15, -0.1) is 0 Å². The molecule has 0 aromatic heterocycles. The molecular weight excluding hydrogens is 624 g/mol. The highest BCUT2D eigenvalue weighted by Crippen LogP contribution is 2.16. The molecule has 0 rings (SSSR count). The number of unbranched alkanes of at least 4 members (excludes halogenated alkanes) is 26. The summed E-state index contributed by atoms with van der Waals surface area (Å²) in [7, 11) is 0. The minimum atomic E-state index is -0.758. The molecule has 0 N–H and O–H groups in total. The van der Waals surface area contributed by atoms with Gasteiger partial charge in [0.1, 0.15) is 13.2 Å². The van der Waals surface area contributed by atoms with E-state index >= 15 is 0 Å². The molecule has 0 radical (unpaired) electrons. The molecule has 0 fully saturated rings. The molecule has 50 heavy (non-hydrogen) atoms. The SMILES string of the molecule is CCCCCCCCCCCCCCC(=O)O[C@@H](COC(=O)CCCCCCCCCCC)COC(=O)CCCCCCCCCCC(C)C. The maximum absolute atomic E-state index is 12.7. The summed E-state index contributed by atoms with van der Waals surface area (Å²) in [5.41, 5.74) is 0. The van der Waals surface area contributed by atoms with E-state index in [-0.39, 0.29) is 31.1 Å². The van der Waals surface area contributed by atoms with Gasteiger partial charge < -0.3 is 14.2 Å². The smallest absolute Gasteiger partial charge is 0.306 e. The molecule has 0 aromatic carbocycles. The summed E-state index contributed by atoms with van der Waals surface area (Å²) in [4.78, 5) is 37.6. The molecule has 0 spiro atoms. The molecule has 6 heteroatoms. The summed E-state index contributed by atoms with van der Waals surface area (Å²) < 4.78 is 16.7. The van der Waals surface area contributed by atoms with Gasteiger partial charge in [-0.25, -0.2) is 0 Å². The molecule has 0 saturated heterocycles. The van der Waals surface area contributed by atoms with E-state index in [1.807, 2.05) is 0 Å². The van der Waals surface area contributed by atoms with Gasteiger partial charge in [0.25, 0.3) is 0 Å². The van der Waals surface area contributed by atoms with Gasteiger partial charge >= 0.3 is 17.9 Å². The van der Waals surface area contributed by atoms with Gasteiger partial charge in [0.05, 0.1) is 0 Å². The lowest BCUT2D eigenvalue weighted by Crippen LogP contribution is -2.30. The number of rotatable bonds is 39. The van der Waals surface area contributed by atoms with Gasteiger partial charge in [0.2, 0.25) is 0 Å². The molecular formula is C44H84O6. The summed E-state index contributed by atoms with van der Waals surface area (Å²) in [5, 5.41) is 0. The number of ether oxygens (including phenoxy) is 3. The van der Waals surface area contributed by atoms with Gasteiger partial charge in [-0.1, -0.05) is 201 Å². The average molecular weight is 709 g/mol. The first-order chi connectivity index (χ1) is 24.4. The summed E-state index contributed by atoms with van der Waals surface area (Å²) in [6, 6.07) is 0. The topological polar surface area (TPSA) is 78.9 Å². The van der Waals surface area contributed by atoms with E-state index in [1.54, 1.807) is 0 Å². The summed E-state index contributed by atoms with van der Waals surface area (Å²) in [5.74, 6) is -0.0641. The molecule has 0 unspecified atom stereocenters. The van der Waals surface area contributed by atoms with Crippen LogP contribution in [0.25, 0.3) is 0 Å². The Bertz CT molecular complexity index is 751. The Kier molecular flexibility index (Phi) is 37.4. The first kappa shape index (κ1) is 48.4. The van der Waals surface area contributed by atoms with Crippen LogP contribution in [-0.4, -0.2) is 37.2 Å². The largest absolute Gasteiger partial charge is 0.462 e. The van der Waals surface area contributed by atoms with Crippen LogP contribution in [0.2, 0.25) is 0 Å². The Labute approximate surface area is 310 Å². The lowest BCUT2D eigenvalue weighted by molar-refractivity contribution is -0.167. The van der Waals surface area contributed by atoms with Crippen molar-refractivity contribution in [2.75, 3.05) is 13.2 Å². The highest BCUT2D eigenvalue weighted by atomic mass is 16.6. The predicted molar refractivity (Wildman–Crippen MR) is 210 cm³/mol. The molecule has 1 atom stereocenters. The summed E-state index contributed by atoms with van der Waals surface area (Å²) in [6.45, 7) is 8.93. The molecule has 6 nitrogen and oxygen atoms in total. The van der Waals surface area contributed by atoms with E-state index in [9.17, 15) is 14.4 Å². The van der Waals surface area contributed by atoms with Crippen molar-refractivity contribution in [2.24, 2.45) is 5.92 Å². The standard InChI is InChI=1S/C44H84O6/c1-5-7-9-11-13-15-16-17-19-25-29-33-37-44(47)50-41(38-48-42(45)35-31-27-23-18-14-12-10-8-6-2)39-49-43(46)36-32-28-24-21-20-22-26-30-34-40(3)4/h40-41H,5-39H2,1-4H3/t41-/m0/s1. The molecule has 0 aliphatic carbocycles. The van der Waals surface area contributed by atoms with Crippen molar-refractivity contribution in [3.63, 3.8) is 0 Å². The van der Waals surface area contributed by atoms with Crippen LogP contribution in [0.3, 0.4) is 0 Å². The Balaban J connectivity index is 4.33. The Morgan fingerprint density at radius 2 is 0.660 bits per heavy atom. The molecule has 0 saturated carbocycles. The maximum Gasteiger partial charge on any atom is 0.306 e.